The Kier molecular flexibility index (Phi) is 1.58. The van der Waals surface area contributed by atoms with Gasteiger partial charge in [-0.3, -0.25) is 0 Å². The van der Waals surface area contributed by atoms with Crippen LogP contribution >= 0.6 is 0 Å². The number of hydrogen-bond donors (Lipinski definition) is 0. The molecule has 10 heavy (non-hydrogen) atoms. The second-order valence-electron chi connectivity index (χ2n) is 2.83. The van der Waals surface area contributed by atoms with Crippen molar-refractivity contribution >= 4 is 16.9 Å². The summed E-state index contributed by atoms with van der Waals surface area (Å²) in [6, 6.07) is 8.74. The maximum absolute atomic E-state index is 2.75. The second kappa shape index (κ2) is 2.43. The summed E-state index contributed by atoms with van der Waals surface area (Å²) in [6.07, 6.45) is 2.52. The summed E-state index contributed by atoms with van der Waals surface area (Å²) >= 11 is 2.75. The van der Waals surface area contributed by atoms with E-state index in [4.69, 9.17) is 0 Å². The van der Waals surface area contributed by atoms with Crippen molar-refractivity contribution in [2.75, 3.05) is 0 Å². The van der Waals surface area contributed by atoms with Crippen LogP contribution in [0.4, 0.5) is 0 Å². The van der Waals surface area contributed by atoms with Gasteiger partial charge in [-0.25, -0.2) is 0 Å². The van der Waals surface area contributed by atoms with Crippen LogP contribution in [0.3, 0.4) is 0 Å². The van der Waals surface area contributed by atoms with Crippen LogP contribution in [0.2, 0.25) is 4.71 Å². The van der Waals surface area contributed by atoms with Crippen LogP contribution in [0, 0.1) is 0 Å². The van der Waals surface area contributed by atoms with E-state index in [1.165, 1.54) is 12.8 Å². The van der Waals surface area contributed by atoms with E-state index in [1.54, 1.807) is 11.1 Å². The Balaban J connectivity index is 2.42. The van der Waals surface area contributed by atoms with E-state index in [0.717, 1.165) is 4.71 Å². The van der Waals surface area contributed by atoms with Crippen molar-refractivity contribution in [3.63, 3.8) is 0 Å². The van der Waals surface area contributed by atoms with Gasteiger partial charge >= 0.3 is 69.8 Å². The molecule has 0 spiro atoms. The molecule has 0 heterocycles. The molecule has 1 aliphatic rings. The average molecular weight is 192 g/mol. The van der Waals surface area contributed by atoms with Crippen molar-refractivity contribution < 1.29 is 0 Å². The minimum atomic E-state index is 0.810. The molecule has 2 rings (SSSR count). The summed E-state index contributed by atoms with van der Waals surface area (Å²) in [5.41, 5.74) is 3.10. The van der Waals surface area contributed by atoms with Gasteiger partial charge in [0.15, 0.2) is 0 Å². The zero-order chi connectivity index (χ0) is 6.97. The maximum atomic E-state index is 2.75. The first-order valence-electron chi connectivity index (χ1n) is 3.61. The molecule has 1 aromatic rings. The van der Waals surface area contributed by atoms with Crippen LogP contribution in [-0.2, 0) is 12.8 Å². The summed E-state index contributed by atoms with van der Waals surface area (Å²) < 4.78 is 0.810. The Morgan fingerprint density at radius 1 is 1.10 bits per heavy atom. The van der Waals surface area contributed by atoms with Gasteiger partial charge in [-0.1, -0.05) is 0 Å². The molecular weight excluding hydrogens is 183 g/mol. The third-order valence-corrected chi connectivity index (χ3v) is 2.80. The van der Waals surface area contributed by atoms with E-state index in [0.29, 0.717) is 0 Å². The molecule has 1 aliphatic carbocycles. The zero-order valence-corrected chi connectivity index (χ0v) is 7.62. The predicted octanol–water partition coefficient (Wildman–Crippen LogP) is 1.74. The SMILES string of the molecule is [As]C1Cc2ccccc2C1. The number of rotatable bonds is 0. The van der Waals surface area contributed by atoms with Crippen molar-refractivity contribution in [1.29, 1.82) is 0 Å². The third kappa shape index (κ3) is 1.01. The van der Waals surface area contributed by atoms with Gasteiger partial charge in [0, 0.05) is 0 Å². The van der Waals surface area contributed by atoms with Gasteiger partial charge in [0.1, 0.15) is 0 Å². The topological polar surface area (TPSA) is 0 Å². The summed E-state index contributed by atoms with van der Waals surface area (Å²) in [7, 11) is 0. The first-order valence-corrected chi connectivity index (χ1v) is 4.69. The summed E-state index contributed by atoms with van der Waals surface area (Å²) in [5.74, 6) is 0. The molecule has 0 aromatic heterocycles. The second-order valence-corrected chi connectivity index (χ2v) is 4.36. The van der Waals surface area contributed by atoms with Crippen LogP contribution in [0.15, 0.2) is 24.3 Å². The number of hydrogen-bond acceptors (Lipinski definition) is 0. The van der Waals surface area contributed by atoms with Crippen LogP contribution in [-0.4, -0.2) is 16.9 Å². The molecule has 50 valence electrons. The normalized spacial score (nSPS) is 17.3. The molecule has 0 bridgehead atoms. The molecule has 0 fully saturated rings. The Morgan fingerprint density at radius 3 is 2.10 bits per heavy atom. The molecule has 1 heteroatoms. The van der Waals surface area contributed by atoms with Crippen LogP contribution < -0.4 is 0 Å². The third-order valence-electron chi connectivity index (χ3n) is 2.03. The van der Waals surface area contributed by atoms with Crippen LogP contribution in [0.5, 0.6) is 0 Å². The van der Waals surface area contributed by atoms with E-state index >= 15 is 0 Å². The molecule has 0 aliphatic heterocycles. The Labute approximate surface area is 70.1 Å². The van der Waals surface area contributed by atoms with E-state index in [1.807, 2.05) is 0 Å². The van der Waals surface area contributed by atoms with Gasteiger partial charge in [0.2, 0.25) is 0 Å². The van der Waals surface area contributed by atoms with Gasteiger partial charge in [-0.2, -0.15) is 0 Å². The standard InChI is InChI=1S/C9H9As/c10-9-5-7-3-1-2-4-8(7)6-9/h1-4,9H,5-6H2. The predicted molar refractivity (Wildman–Crippen MR) is 43.4 cm³/mol. The van der Waals surface area contributed by atoms with Crippen molar-refractivity contribution in [3.05, 3.63) is 35.4 Å². The fourth-order valence-corrected chi connectivity index (χ4v) is 2.36. The first kappa shape index (κ1) is 6.49. The quantitative estimate of drug-likeness (QED) is 0.549. The Bertz CT molecular complexity index is 217. The van der Waals surface area contributed by atoms with E-state index in [2.05, 4.69) is 41.1 Å². The van der Waals surface area contributed by atoms with Crippen LogP contribution in [0.25, 0.3) is 0 Å². The Hall–Kier alpha value is -0.222. The number of fused-ring (bicyclic) bond motifs is 1. The number of benzene rings is 1. The van der Waals surface area contributed by atoms with E-state index < -0.39 is 0 Å². The molecule has 2 radical (unpaired) electrons. The summed E-state index contributed by atoms with van der Waals surface area (Å²) in [6.45, 7) is 0. The van der Waals surface area contributed by atoms with Crippen molar-refractivity contribution in [2.24, 2.45) is 0 Å². The van der Waals surface area contributed by atoms with E-state index in [-0.39, 0.29) is 0 Å². The molecule has 0 N–H and O–H groups in total. The van der Waals surface area contributed by atoms with Gasteiger partial charge in [-0.05, 0) is 0 Å². The fraction of sp³-hybridized carbons (Fsp3) is 0.333. The molecular formula is C9H9As. The van der Waals surface area contributed by atoms with E-state index in [9.17, 15) is 0 Å². The zero-order valence-electron chi connectivity index (χ0n) is 5.75. The van der Waals surface area contributed by atoms with Gasteiger partial charge in [0.25, 0.3) is 0 Å². The minimum absolute atomic E-state index is 0.810. The molecule has 0 amide bonds. The van der Waals surface area contributed by atoms with Crippen molar-refractivity contribution in [1.82, 2.24) is 0 Å². The molecule has 0 unspecified atom stereocenters. The van der Waals surface area contributed by atoms with Crippen molar-refractivity contribution in [2.45, 2.75) is 17.5 Å². The summed E-state index contributed by atoms with van der Waals surface area (Å²) in [4.78, 5) is 0. The Morgan fingerprint density at radius 2 is 1.60 bits per heavy atom. The average Bonchev–Trinajstić information content (AvgIpc) is 2.27. The van der Waals surface area contributed by atoms with Gasteiger partial charge in [-0.15, -0.1) is 0 Å². The van der Waals surface area contributed by atoms with Crippen LogP contribution in [0.1, 0.15) is 11.1 Å². The molecule has 0 nitrogen and oxygen atoms in total. The van der Waals surface area contributed by atoms with Gasteiger partial charge in [0.05, 0.1) is 0 Å². The molecule has 0 atom stereocenters. The molecule has 0 saturated heterocycles. The summed E-state index contributed by atoms with van der Waals surface area (Å²) in [5, 5.41) is 0. The monoisotopic (exact) mass is 192 g/mol. The molecule has 1 aromatic carbocycles. The molecule has 0 saturated carbocycles. The first-order chi connectivity index (χ1) is 4.86. The van der Waals surface area contributed by atoms with Crippen molar-refractivity contribution in [3.8, 4) is 0 Å². The fourth-order valence-electron chi connectivity index (χ4n) is 1.54. The van der Waals surface area contributed by atoms with Gasteiger partial charge < -0.3 is 0 Å².